The van der Waals surface area contributed by atoms with Crippen molar-refractivity contribution in [2.45, 2.75) is 18.2 Å². The van der Waals surface area contributed by atoms with Gasteiger partial charge < -0.3 is 5.32 Å². The summed E-state index contributed by atoms with van der Waals surface area (Å²) in [6.45, 7) is 1.99. The molecule has 134 valence electrons. The maximum Gasteiger partial charge on any atom is 0.261 e. The minimum Gasteiger partial charge on any atom is -0.356 e. The molecule has 26 heavy (non-hydrogen) atoms. The van der Waals surface area contributed by atoms with Gasteiger partial charge in [0.25, 0.3) is 10.0 Å². The molecule has 0 fully saturated rings. The second-order valence-electron chi connectivity index (χ2n) is 6.01. The molecule has 0 saturated carbocycles. The summed E-state index contributed by atoms with van der Waals surface area (Å²) in [4.78, 5) is 11.1. The number of nitrogens with one attached hydrogen (secondary N) is 2. The van der Waals surface area contributed by atoms with E-state index in [1.807, 2.05) is 36.4 Å². The van der Waals surface area contributed by atoms with Crippen molar-refractivity contribution < 1.29 is 13.2 Å². The smallest absolute Gasteiger partial charge is 0.261 e. The van der Waals surface area contributed by atoms with E-state index in [4.69, 9.17) is 0 Å². The second-order valence-corrected chi connectivity index (χ2v) is 7.69. The topological polar surface area (TPSA) is 75.3 Å². The summed E-state index contributed by atoms with van der Waals surface area (Å²) >= 11 is 0. The normalized spacial score (nSPS) is 11.3. The van der Waals surface area contributed by atoms with Crippen LogP contribution in [0.15, 0.2) is 71.6 Å². The lowest BCUT2D eigenvalue weighted by molar-refractivity contribution is -0.118. The van der Waals surface area contributed by atoms with Gasteiger partial charge >= 0.3 is 0 Å². The predicted octanol–water partition coefficient (Wildman–Crippen LogP) is 3.32. The van der Waals surface area contributed by atoms with Gasteiger partial charge in [0, 0.05) is 18.9 Å². The second kappa shape index (κ2) is 7.58. The van der Waals surface area contributed by atoms with E-state index in [-0.39, 0.29) is 10.8 Å². The number of sulfonamides is 1. The first-order chi connectivity index (χ1) is 12.5. The number of fused-ring (bicyclic) bond motifs is 1. The fraction of sp³-hybridized carbons (Fsp3) is 0.150. The van der Waals surface area contributed by atoms with Crippen molar-refractivity contribution in [2.24, 2.45) is 0 Å². The lowest BCUT2D eigenvalue weighted by atomic mass is 10.1. The number of carbonyl (C=O) groups excluding carboxylic acids is 1. The zero-order valence-electron chi connectivity index (χ0n) is 14.4. The summed E-state index contributed by atoms with van der Waals surface area (Å²) in [6.07, 6.45) is 0.649. The van der Waals surface area contributed by atoms with Gasteiger partial charge in [0.05, 0.1) is 10.6 Å². The zero-order chi connectivity index (χ0) is 18.6. The SMILES string of the molecule is CC(=O)NCCc1ccc(S(=O)(=O)Nc2cccc3ccccc23)cc1. The highest BCUT2D eigenvalue weighted by atomic mass is 32.2. The van der Waals surface area contributed by atoms with Gasteiger partial charge in [0.15, 0.2) is 0 Å². The highest BCUT2D eigenvalue weighted by Gasteiger charge is 2.15. The Bertz CT molecular complexity index is 1020. The van der Waals surface area contributed by atoms with Gasteiger partial charge in [-0.05, 0) is 35.6 Å². The lowest BCUT2D eigenvalue weighted by Crippen LogP contribution is -2.22. The number of benzene rings is 3. The van der Waals surface area contributed by atoms with Crippen LogP contribution in [0, 0.1) is 0 Å². The van der Waals surface area contributed by atoms with Crippen molar-refractivity contribution in [1.29, 1.82) is 0 Å². The van der Waals surface area contributed by atoms with Gasteiger partial charge in [-0.3, -0.25) is 9.52 Å². The predicted molar refractivity (Wildman–Crippen MR) is 104 cm³/mol. The van der Waals surface area contributed by atoms with Crippen LogP contribution in [-0.2, 0) is 21.2 Å². The van der Waals surface area contributed by atoms with Crippen LogP contribution in [-0.4, -0.2) is 20.9 Å². The Hall–Kier alpha value is -2.86. The molecular weight excluding hydrogens is 348 g/mol. The molecule has 2 N–H and O–H groups in total. The molecule has 5 nitrogen and oxygen atoms in total. The molecule has 0 spiro atoms. The quantitative estimate of drug-likeness (QED) is 0.701. The highest BCUT2D eigenvalue weighted by Crippen LogP contribution is 2.25. The average molecular weight is 368 g/mol. The van der Waals surface area contributed by atoms with Crippen LogP contribution in [0.3, 0.4) is 0 Å². The summed E-state index contributed by atoms with van der Waals surface area (Å²) in [7, 11) is -3.68. The molecule has 6 heteroatoms. The van der Waals surface area contributed by atoms with Gasteiger partial charge in [0.2, 0.25) is 5.91 Å². The molecule has 0 bridgehead atoms. The third-order valence-electron chi connectivity index (χ3n) is 4.06. The van der Waals surface area contributed by atoms with E-state index in [1.54, 1.807) is 30.3 Å². The molecule has 0 aliphatic carbocycles. The Morgan fingerprint density at radius 3 is 2.35 bits per heavy atom. The van der Waals surface area contributed by atoms with E-state index in [0.717, 1.165) is 16.3 Å². The third kappa shape index (κ3) is 4.21. The first-order valence-corrected chi connectivity index (χ1v) is 9.78. The lowest BCUT2D eigenvalue weighted by Gasteiger charge is -2.11. The Labute approximate surface area is 153 Å². The number of anilines is 1. The van der Waals surface area contributed by atoms with Crippen molar-refractivity contribution in [3.8, 4) is 0 Å². The van der Waals surface area contributed by atoms with Crippen LogP contribution >= 0.6 is 0 Å². The maximum absolute atomic E-state index is 12.7. The standard InChI is InChI=1S/C20H20N2O3S/c1-15(23)21-14-13-16-9-11-18(12-10-16)26(24,25)22-20-8-4-6-17-5-2-3-7-19(17)20/h2-12,22H,13-14H2,1H3,(H,21,23). The first kappa shape index (κ1) is 17.9. The summed E-state index contributed by atoms with van der Waals surface area (Å²) in [5.41, 5.74) is 1.51. The molecule has 0 saturated heterocycles. The van der Waals surface area contributed by atoms with Crippen molar-refractivity contribution in [3.05, 3.63) is 72.3 Å². The van der Waals surface area contributed by atoms with Crippen molar-refractivity contribution in [1.82, 2.24) is 5.32 Å². The molecular formula is C20H20N2O3S. The molecule has 0 aliphatic heterocycles. The van der Waals surface area contributed by atoms with Gasteiger partial charge in [-0.2, -0.15) is 0 Å². The summed E-state index contributed by atoms with van der Waals surface area (Å²) in [5.74, 6) is -0.0801. The maximum atomic E-state index is 12.7. The molecule has 3 rings (SSSR count). The Morgan fingerprint density at radius 1 is 0.923 bits per heavy atom. The van der Waals surface area contributed by atoms with Crippen LogP contribution in [0.1, 0.15) is 12.5 Å². The summed E-state index contributed by atoms with van der Waals surface area (Å²) in [6, 6.07) is 19.8. The first-order valence-electron chi connectivity index (χ1n) is 8.30. The van der Waals surface area contributed by atoms with E-state index in [1.165, 1.54) is 6.92 Å². The highest BCUT2D eigenvalue weighted by molar-refractivity contribution is 7.92. The number of carbonyl (C=O) groups is 1. The van der Waals surface area contributed by atoms with Gasteiger partial charge in [-0.15, -0.1) is 0 Å². The molecule has 0 aromatic heterocycles. The Kier molecular flexibility index (Phi) is 5.23. The van der Waals surface area contributed by atoms with Crippen LogP contribution in [0.25, 0.3) is 10.8 Å². The molecule has 0 unspecified atom stereocenters. The largest absolute Gasteiger partial charge is 0.356 e. The number of rotatable bonds is 6. The molecule has 0 atom stereocenters. The van der Waals surface area contributed by atoms with Crippen molar-refractivity contribution in [3.63, 3.8) is 0 Å². The van der Waals surface area contributed by atoms with E-state index in [2.05, 4.69) is 10.0 Å². The zero-order valence-corrected chi connectivity index (χ0v) is 15.2. The number of hydrogen-bond acceptors (Lipinski definition) is 3. The fourth-order valence-electron chi connectivity index (χ4n) is 2.74. The molecule has 0 radical (unpaired) electrons. The minimum atomic E-state index is -3.68. The van der Waals surface area contributed by atoms with Gasteiger partial charge in [0.1, 0.15) is 0 Å². The van der Waals surface area contributed by atoms with E-state index in [0.29, 0.717) is 18.7 Å². The van der Waals surface area contributed by atoms with Crippen LogP contribution in [0.2, 0.25) is 0 Å². The average Bonchev–Trinajstić information content (AvgIpc) is 2.62. The van der Waals surface area contributed by atoms with Crippen molar-refractivity contribution in [2.75, 3.05) is 11.3 Å². The molecule has 3 aromatic rings. The van der Waals surface area contributed by atoms with Crippen LogP contribution < -0.4 is 10.0 Å². The van der Waals surface area contributed by atoms with Crippen LogP contribution in [0.4, 0.5) is 5.69 Å². The minimum absolute atomic E-state index is 0.0801. The molecule has 0 aliphatic rings. The van der Waals surface area contributed by atoms with Gasteiger partial charge in [-0.1, -0.05) is 48.5 Å². The summed E-state index contributed by atoms with van der Waals surface area (Å²) in [5, 5.41) is 4.54. The van der Waals surface area contributed by atoms with Crippen LogP contribution in [0.5, 0.6) is 0 Å². The number of amides is 1. The monoisotopic (exact) mass is 368 g/mol. The van der Waals surface area contributed by atoms with E-state index < -0.39 is 10.0 Å². The fourth-order valence-corrected chi connectivity index (χ4v) is 3.82. The summed E-state index contributed by atoms with van der Waals surface area (Å²) < 4.78 is 28.1. The Balaban J connectivity index is 1.78. The van der Waals surface area contributed by atoms with E-state index >= 15 is 0 Å². The third-order valence-corrected chi connectivity index (χ3v) is 5.44. The molecule has 1 amide bonds. The Morgan fingerprint density at radius 2 is 1.62 bits per heavy atom. The van der Waals surface area contributed by atoms with Crippen molar-refractivity contribution >= 4 is 32.4 Å². The number of hydrogen-bond donors (Lipinski definition) is 2. The van der Waals surface area contributed by atoms with Gasteiger partial charge in [-0.25, -0.2) is 8.42 Å². The molecule has 3 aromatic carbocycles. The molecule has 0 heterocycles. The van der Waals surface area contributed by atoms with E-state index in [9.17, 15) is 13.2 Å².